The molecule has 1 rings (SSSR count). The first kappa shape index (κ1) is 11.5. The molecule has 0 radical (unpaired) electrons. The highest BCUT2D eigenvalue weighted by Gasteiger charge is 2.14. The quantitative estimate of drug-likeness (QED) is 0.746. The van der Waals surface area contributed by atoms with Crippen molar-refractivity contribution >= 4 is 11.7 Å². The van der Waals surface area contributed by atoms with E-state index in [9.17, 15) is 4.79 Å². The molecule has 0 fully saturated rings. The Kier molecular flexibility index (Phi) is 4.05. The fraction of sp³-hybridized carbons (Fsp3) is 0.400. The standard InChI is InChI=1S/C10H14N2O3/c1-7(6-14-2)15-10(13)8-3-4-12-5-9(8)11/h3-5,7H,6,11H2,1-2H3. The smallest absolute Gasteiger partial charge is 0.340 e. The SMILES string of the molecule is COCC(C)OC(=O)c1ccncc1N. The van der Waals surface area contributed by atoms with E-state index in [1.54, 1.807) is 14.0 Å². The van der Waals surface area contributed by atoms with Gasteiger partial charge in [-0.25, -0.2) is 4.79 Å². The third-order valence-corrected chi connectivity index (χ3v) is 1.78. The van der Waals surface area contributed by atoms with E-state index in [1.165, 1.54) is 18.5 Å². The van der Waals surface area contributed by atoms with Gasteiger partial charge in [-0.15, -0.1) is 0 Å². The second-order valence-electron chi connectivity index (χ2n) is 3.13. The summed E-state index contributed by atoms with van der Waals surface area (Å²) in [6.45, 7) is 2.11. The minimum absolute atomic E-state index is 0.296. The van der Waals surface area contributed by atoms with Crippen molar-refractivity contribution in [3.8, 4) is 0 Å². The van der Waals surface area contributed by atoms with E-state index in [2.05, 4.69) is 4.98 Å². The van der Waals surface area contributed by atoms with E-state index in [0.29, 0.717) is 17.9 Å². The van der Waals surface area contributed by atoms with Gasteiger partial charge in [-0.2, -0.15) is 0 Å². The van der Waals surface area contributed by atoms with Crippen molar-refractivity contribution in [3.05, 3.63) is 24.0 Å². The molecule has 15 heavy (non-hydrogen) atoms. The van der Waals surface area contributed by atoms with Crippen LogP contribution in [0.2, 0.25) is 0 Å². The highest BCUT2D eigenvalue weighted by atomic mass is 16.6. The van der Waals surface area contributed by atoms with Crippen LogP contribution in [0.1, 0.15) is 17.3 Å². The molecule has 0 aliphatic heterocycles. The number of carbonyl (C=O) groups excluding carboxylic acids is 1. The monoisotopic (exact) mass is 210 g/mol. The van der Waals surface area contributed by atoms with Crippen molar-refractivity contribution in [2.45, 2.75) is 13.0 Å². The summed E-state index contributed by atoms with van der Waals surface area (Å²) < 4.78 is 9.94. The number of methoxy groups -OCH3 is 1. The molecule has 0 aliphatic rings. The van der Waals surface area contributed by atoms with Crippen LogP contribution in [0.25, 0.3) is 0 Å². The number of pyridine rings is 1. The molecule has 1 heterocycles. The molecule has 0 saturated carbocycles. The average Bonchev–Trinajstić information content (AvgIpc) is 2.18. The summed E-state index contributed by atoms with van der Waals surface area (Å²) in [6.07, 6.45) is 2.61. The lowest BCUT2D eigenvalue weighted by Gasteiger charge is -2.12. The molecule has 0 aliphatic carbocycles. The second-order valence-corrected chi connectivity index (χ2v) is 3.13. The third kappa shape index (κ3) is 3.21. The molecule has 0 amide bonds. The molecule has 1 aromatic rings. The predicted octanol–water partition coefficient (Wildman–Crippen LogP) is 0.856. The Hall–Kier alpha value is -1.62. The molecule has 2 N–H and O–H groups in total. The zero-order valence-corrected chi connectivity index (χ0v) is 8.77. The Labute approximate surface area is 88.2 Å². The summed E-state index contributed by atoms with van der Waals surface area (Å²) in [5.74, 6) is -0.459. The van der Waals surface area contributed by atoms with Crippen molar-refractivity contribution in [1.82, 2.24) is 4.98 Å². The van der Waals surface area contributed by atoms with Gasteiger partial charge in [0.1, 0.15) is 6.10 Å². The van der Waals surface area contributed by atoms with Crippen LogP contribution in [0.3, 0.4) is 0 Å². The maximum atomic E-state index is 11.6. The van der Waals surface area contributed by atoms with Crippen LogP contribution in [0.5, 0.6) is 0 Å². The van der Waals surface area contributed by atoms with Gasteiger partial charge in [-0.1, -0.05) is 0 Å². The van der Waals surface area contributed by atoms with Crippen LogP contribution in [-0.2, 0) is 9.47 Å². The number of esters is 1. The summed E-state index contributed by atoms with van der Waals surface area (Å²) >= 11 is 0. The summed E-state index contributed by atoms with van der Waals surface area (Å²) in [4.78, 5) is 15.4. The topological polar surface area (TPSA) is 74.4 Å². The first-order chi connectivity index (χ1) is 7.15. The maximum Gasteiger partial charge on any atom is 0.340 e. The lowest BCUT2D eigenvalue weighted by atomic mass is 10.2. The Morgan fingerprint density at radius 2 is 2.40 bits per heavy atom. The van der Waals surface area contributed by atoms with Crippen LogP contribution in [0.15, 0.2) is 18.5 Å². The van der Waals surface area contributed by atoms with Crippen molar-refractivity contribution in [2.75, 3.05) is 19.5 Å². The van der Waals surface area contributed by atoms with Gasteiger partial charge in [0.05, 0.1) is 24.1 Å². The van der Waals surface area contributed by atoms with Gasteiger partial charge in [0.2, 0.25) is 0 Å². The molecule has 0 saturated heterocycles. The summed E-state index contributed by atoms with van der Waals surface area (Å²) in [5.41, 5.74) is 6.22. The molecular weight excluding hydrogens is 196 g/mol. The van der Waals surface area contributed by atoms with Crippen molar-refractivity contribution in [2.24, 2.45) is 0 Å². The van der Waals surface area contributed by atoms with E-state index in [-0.39, 0.29) is 6.10 Å². The van der Waals surface area contributed by atoms with Gasteiger partial charge in [0.25, 0.3) is 0 Å². The highest BCUT2D eigenvalue weighted by Crippen LogP contribution is 2.11. The largest absolute Gasteiger partial charge is 0.457 e. The van der Waals surface area contributed by atoms with Gasteiger partial charge in [0, 0.05) is 13.3 Å². The van der Waals surface area contributed by atoms with Gasteiger partial charge in [-0.3, -0.25) is 4.98 Å². The lowest BCUT2D eigenvalue weighted by Crippen LogP contribution is -2.20. The normalized spacial score (nSPS) is 12.1. The number of aromatic nitrogens is 1. The van der Waals surface area contributed by atoms with Gasteiger partial charge in [0.15, 0.2) is 0 Å². The zero-order valence-electron chi connectivity index (χ0n) is 8.77. The first-order valence-electron chi connectivity index (χ1n) is 4.54. The fourth-order valence-electron chi connectivity index (χ4n) is 1.11. The molecule has 5 heteroatoms. The predicted molar refractivity (Wildman–Crippen MR) is 55.4 cm³/mol. The summed E-state index contributed by atoms with van der Waals surface area (Å²) in [7, 11) is 1.55. The Bertz CT molecular complexity index is 341. The minimum atomic E-state index is -0.459. The van der Waals surface area contributed by atoms with Crippen LogP contribution in [-0.4, -0.2) is 30.8 Å². The maximum absolute atomic E-state index is 11.6. The average molecular weight is 210 g/mol. The van der Waals surface area contributed by atoms with Crippen molar-refractivity contribution in [1.29, 1.82) is 0 Å². The van der Waals surface area contributed by atoms with E-state index in [1.807, 2.05) is 0 Å². The van der Waals surface area contributed by atoms with Crippen LogP contribution >= 0.6 is 0 Å². The van der Waals surface area contributed by atoms with Gasteiger partial charge in [-0.05, 0) is 13.0 Å². The van der Waals surface area contributed by atoms with E-state index in [0.717, 1.165) is 0 Å². The van der Waals surface area contributed by atoms with Gasteiger partial charge >= 0.3 is 5.97 Å². The third-order valence-electron chi connectivity index (χ3n) is 1.78. The first-order valence-corrected chi connectivity index (χ1v) is 4.54. The number of carbonyl (C=O) groups is 1. The molecule has 0 aromatic carbocycles. The fourth-order valence-corrected chi connectivity index (χ4v) is 1.11. The minimum Gasteiger partial charge on any atom is -0.457 e. The van der Waals surface area contributed by atoms with E-state index < -0.39 is 5.97 Å². The molecule has 5 nitrogen and oxygen atoms in total. The van der Waals surface area contributed by atoms with Crippen LogP contribution in [0.4, 0.5) is 5.69 Å². The molecule has 0 spiro atoms. The number of rotatable bonds is 4. The Balaban J connectivity index is 2.65. The van der Waals surface area contributed by atoms with Crippen LogP contribution < -0.4 is 5.73 Å². The molecule has 1 atom stereocenters. The summed E-state index contributed by atoms with van der Waals surface area (Å²) in [5, 5.41) is 0. The molecule has 1 aromatic heterocycles. The van der Waals surface area contributed by atoms with E-state index >= 15 is 0 Å². The molecule has 1 unspecified atom stereocenters. The number of nitrogen functional groups attached to an aromatic ring is 1. The zero-order chi connectivity index (χ0) is 11.3. The lowest BCUT2D eigenvalue weighted by molar-refractivity contribution is 0.0121. The second kappa shape index (κ2) is 5.31. The molecular formula is C10H14N2O3. The molecule has 0 bridgehead atoms. The number of ether oxygens (including phenoxy) is 2. The Morgan fingerprint density at radius 1 is 1.67 bits per heavy atom. The van der Waals surface area contributed by atoms with Crippen molar-refractivity contribution < 1.29 is 14.3 Å². The molecule has 82 valence electrons. The van der Waals surface area contributed by atoms with E-state index in [4.69, 9.17) is 15.2 Å². The number of nitrogens with zero attached hydrogens (tertiary/aromatic N) is 1. The van der Waals surface area contributed by atoms with Crippen LogP contribution in [0, 0.1) is 0 Å². The highest BCUT2D eigenvalue weighted by molar-refractivity contribution is 5.94. The van der Waals surface area contributed by atoms with Gasteiger partial charge < -0.3 is 15.2 Å². The number of nitrogens with two attached hydrogens (primary N) is 1. The Morgan fingerprint density at radius 3 is 3.00 bits per heavy atom. The number of anilines is 1. The number of hydrogen-bond acceptors (Lipinski definition) is 5. The summed E-state index contributed by atoms with van der Waals surface area (Å²) in [6, 6.07) is 1.52. The van der Waals surface area contributed by atoms with Crippen molar-refractivity contribution in [3.63, 3.8) is 0 Å². The number of hydrogen-bond donors (Lipinski definition) is 1.